The van der Waals surface area contributed by atoms with E-state index in [4.69, 9.17) is 15.0 Å². The van der Waals surface area contributed by atoms with Crippen LogP contribution in [-0.4, -0.2) is 57.4 Å². The number of esters is 1. The summed E-state index contributed by atoms with van der Waals surface area (Å²) in [5, 5.41) is 9.93. The number of carbonyl (C=O) groups excluding carboxylic acids is 3. The van der Waals surface area contributed by atoms with Crippen LogP contribution in [0.4, 0.5) is 0 Å². The van der Waals surface area contributed by atoms with E-state index in [1.165, 1.54) is 0 Å². The maximum Gasteiger partial charge on any atom is 0.331 e. The third kappa shape index (κ3) is 9.40. The fraction of sp³-hybridized carbons (Fsp3) is 0.556. The van der Waals surface area contributed by atoms with Crippen molar-refractivity contribution in [3.8, 4) is 0 Å². The number of benzene rings is 2. The van der Waals surface area contributed by atoms with Gasteiger partial charge in [0, 0.05) is 37.0 Å². The fourth-order valence-corrected chi connectivity index (χ4v) is 9.51. The SMILES string of the molecule is CCCC(N1Cc2ccccc2C1=O)P(=O)(CC(CCC(=O)[C@](N)(CC(C)C)C(=O)O)c1ccccc1)OC(OC(=O)CC)C(C)C. The number of rotatable bonds is 19. The van der Waals surface area contributed by atoms with Gasteiger partial charge < -0.3 is 20.5 Å². The average molecular weight is 671 g/mol. The smallest absolute Gasteiger partial charge is 0.331 e. The lowest BCUT2D eigenvalue weighted by Gasteiger charge is -2.38. The first-order chi connectivity index (χ1) is 22.2. The Bertz CT molecular complexity index is 1450. The molecule has 1 aliphatic rings. The zero-order chi connectivity index (χ0) is 34.9. The maximum atomic E-state index is 15.6. The monoisotopic (exact) mass is 670 g/mol. The number of hydrogen-bond donors (Lipinski definition) is 2. The van der Waals surface area contributed by atoms with Crippen LogP contribution in [0.15, 0.2) is 54.6 Å². The van der Waals surface area contributed by atoms with Crippen molar-refractivity contribution in [3.05, 3.63) is 71.3 Å². The van der Waals surface area contributed by atoms with Gasteiger partial charge >= 0.3 is 11.9 Å². The number of aliphatic carboxylic acids is 1. The molecule has 0 saturated heterocycles. The van der Waals surface area contributed by atoms with Gasteiger partial charge in [-0.15, -0.1) is 0 Å². The van der Waals surface area contributed by atoms with Gasteiger partial charge in [0.1, 0.15) is 5.78 Å². The number of nitrogens with two attached hydrogens (primary N) is 1. The molecule has 3 N–H and O–H groups in total. The van der Waals surface area contributed by atoms with Crippen molar-refractivity contribution in [2.24, 2.45) is 17.6 Å². The van der Waals surface area contributed by atoms with E-state index in [1.54, 1.807) is 51.7 Å². The molecular formula is C36H51N2O8P. The van der Waals surface area contributed by atoms with E-state index in [0.717, 1.165) is 11.1 Å². The lowest BCUT2D eigenvalue weighted by atomic mass is 9.82. The van der Waals surface area contributed by atoms with Gasteiger partial charge in [-0.1, -0.05) is 96.5 Å². The molecule has 11 heteroatoms. The number of carbonyl (C=O) groups is 4. The van der Waals surface area contributed by atoms with Crippen molar-refractivity contribution in [1.29, 1.82) is 0 Å². The molecule has 2 aromatic carbocycles. The van der Waals surface area contributed by atoms with Crippen molar-refractivity contribution in [2.45, 2.75) is 110 Å². The Morgan fingerprint density at radius 2 is 1.64 bits per heavy atom. The summed E-state index contributed by atoms with van der Waals surface area (Å²) in [6.07, 6.45) is -0.189. The number of carboxylic acids is 1. The van der Waals surface area contributed by atoms with Crippen LogP contribution < -0.4 is 5.73 Å². The van der Waals surface area contributed by atoms with Crippen molar-refractivity contribution < 1.29 is 38.1 Å². The Morgan fingerprint density at radius 3 is 2.19 bits per heavy atom. The topological polar surface area (TPSA) is 153 Å². The van der Waals surface area contributed by atoms with E-state index < -0.39 is 48.6 Å². The van der Waals surface area contributed by atoms with Crippen molar-refractivity contribution in [1.82, 2.24) is 4.90 Å². The van der Waals surface area contributed by atoms with Crippen LogP contribution in [0, 0.1) is 11.8 Å². The maximum absolute atomic E-state index is 15.6. The number of carboxylic acid groups (broad SMARTS) is 1. The lowest BCUT2D eigenvalue weighted by molar-refractivity contribution is -0.169. The molecule has 0 spiro atoms. The summed E-state index contributed by atoms with van der Waals surface area (Å²) < 4.78 is 27.8. The molecule has 0 bridgehead atoms. The lowest BCUT2D eigenvalue weighted by Crippen LogP contribution is -2.55. The van der Waals surface area contributed by atoms with Gasteiger partial charge in [0.2, 0.25) is 13.7 Å². The number of amides is 1. The minimum atomic E-state index is -3.93. The van der Waals surface area contributed by atoms with Crippen LogP contribution in [-0.2, 0) is 34.8 Å². The van der Waals surface area contributed by atoms with Crippen molar-refractivity contribution in [3.63, 3.8) is 0 Å². The van der Waals surface area contributed by atoms with E-state index >= 15 is 4.57 Å². The van der Waals surface area contributed by atoms with Crippen molar-refractivity contribution in [2.75, 3.05) is 6.16 Å². The van der Waals surface area contributed by atoms with Gasteiger partial charge in [-0.05, 0) is 48.3 Å². The molecule has 0 fully saturated rings. The van der Waals surface area contributed by atoms with Gasteiger partial charge in [-0.3, -0.25) is 23.5 Å². The molecule has 4 unspecified atom stereocenters. The predicted molar refractivity (Wildman–Crippen MR) is 181 cm³/mol. The summed E-state index contributed by atoms with van der Waals surface area (Å²) in [7, 11) is -3.93. The standard InChI is InChI=1S/C36H51N2O8P/c1-7-14-31(38-22-27-17-12-13-18-29(27)33(38)41)47(44,46-34(25(5)6)45-32(40)8-2)23-28(26-15-10-9-11-16-26)19-20-30(39)36(37,35(42)43)21-24(3)4/h9-13,15-18,24-25,28,31,34H,7-8,14,19-23,37H2,1-6H3,(H,42,43)/t28?,31?,34?,36-,47?/m1/s1. The highest BCUT2D eigenvalue weighted by atomic mass is 31.2. The molecule has 10 nitrogen and oxygen atoms in total. The molecule has 5 atom stereocenters. The molecule has 0 radical (unpaired) electrons. The summed E-state index contributed by atoms with van der Waals surface area (Å²) in [5.74, 6) is -4.60. The van der Waals surface area contributed by atoms with Gasteiger partial charge in [0.15, 0.2) is 11.3 Å². The van der Waals surface area contributed by atoms with Crippen LogP contribution >= 0.6 is 7.37 Å². The predicted octanol–water partition coefficient (Wildman–Crippen LogP) is 6.96. The molecule has 1 heterocycles. The van der Waals surface area contributed by atoms with Gasteiger partial charge in [0.25, 0.3) is 5.91 Å². The number of Topliss-reactive ketones (excluding diaryl/α,β-unsaturated/α-hetero) is 1. The third-order valence-electron chi connectivity index (χ3n) is 8.65. The van der Waals surface area contributed by atoms with E-state index in [0.29, 0.717) is 18.4 Å². The first kappa shape index (κ1) is 38.1. The van der Waals surface area contributed by atoms with Crippen LogP contribution in [0.5, 0.6) is 0 Å². The second kappa shape index (κ2) is 16.7. The summed E-state index contributed by atoms with van der Waals surface area (Å²) in [6.45, 7) is 11.1. The van der Waals surface area contributed by atoms with Crippen LogP contribution in [0.3, 0.4) is 0 Å². The molecule has 0 aromatic heterocycles. The molecule has 3 rings (SSSR count). The number of ketones is 1. The van der Waals surface area contributed by atoms with Crippen molar-refractivity contribution >= 4 is 31.0 Å². The molecule has 47 heavy (non-hydrogen) atoms. The first-order valence-corrected chi connectivity index (χ1v) is 18.5. The molecule has 1 aliphatic heterocycles. The molecule has 1 amide bonds. The first-order valence-electron chi connectivity index (χ1n) is 16.6. The highest BCUT2D eigenvalue weighted by Gasteiger charge is 2.47. The molecule has 258 valence electrons. The summed E-state index contributed by atoms with van der Waals surface area (Å²) in [5.41, 5.74) is 6.30. The molecule has 0 saturated carbocycles. The summed E-state index contributed by atoms with van der Waals surface area (Å²) in [4.78, 5) is 53.5. The highest BCUT2D eigenvalue weighted by molar-refractivity contribution is 7.59. The van der Waals surface area contributed by atoms with Crippen LogP contribution in [0.25, 0.3) is 0 Å². The van der Waals surface area contributed by atoms with E-state index in [2.05, 4.69) is 0 Å². The summed E-state index contributed by atoms with van der Waals surface area (Å²) >= 11 is 0. The normalized spacial score (nSPS) is 17.5. The fourth-order valence-electron chi connectivity index (χ4n) is 6.13. The zero-order valence-electron chi connectivity index (χ0n) is 28.5. The van der Waals surface area contributed by atoms with Crippen LogP contribution in [0.2, 0.25) is 0 Å². The Hall–Kier alpha value is -3.33. The quantitative estimate of drug-likeness (QED) is 0.0699. The van der Waals surface area contributed by atoms with Gasteiger partial charge in [-0.2, -0.15) is 0 Å². The Labute approximate surface area is 278 Å². The second-order valence-corrected chi connectivity index (χ2v) is 15.9. The second-order valence-electron chi connectivity index (χ2n) is 13.3. The van der Waals surface area contributed by atoms with E-state index in [-0.39, 0.29) is 56.1 Å². The molecule has 2 aromatic rings. The summed E-state index contributed by atoms with van der Waals surface area (Å²) in [6, 6.07) is 16.5. The van der Waals surface area contributed by atoms with Gasteiger partial charge in [-0.25, -0.2) is 4.79 Å². The number of nitrogens with zero attached hydrogens (tertiary/aromatic N) is 1. The molecular weight excluding hydrogens is 619 g/mol. The Kier molecular flexibility index (Phi) is 13.5. The number of hydrogen-bond acceptors (Lipinski definition) is 8. The largest absolute Gasteiger partial charge is 0.480 e. The minimum absolute atomic E-state index is 0.0200. The third-order valence-corrected chi connectivity index (χ3v) is 11.6. The Balaban J connectivity index is 2.09. The Morgan fingerprint density at radius 1 is 1.00 bits per heavy atom. The van der Waals surface area contributed by atoms with E-state index in [1.807, 2.05) is 49.4 Å². The minimum Gasteiger partial charge on any atom is -0.480 e. The molecule has 0 aliphatic carbocycles. The number of fused-ring (bicyclic) bond motifs is 1. The number of ether oxygens (including phenoxy) is 1. The zero-order valence-corrected chi connectivity index (χ0v) is 29.4. The highest BCUT2D eigenvalue weighted by Crippen LogP contribution is 2.60. The van der Waals surface area contributed by atoms with Gasteiger partial charge in [0.05, 0.1) is 0 Å². The van der Waals surface area contributed by atoms with E-state index in [9.17, 15) is 24.3 Å². The average Bonchev–Trinajstić information content (AvgIpc) is 3.36. The van der Waals surface area contributed by atoms with Crippen LogP contribution in [0.1, 0.15) is 107 Å².